The van der Waals surface area contributed by atoms with Crippen LogP contribution >= 0.6 is 11.3 Å². The SMILES string of the molecule is Cc1csc(CNC2CCC(=O)N(C)C2)n1. The minimum Gasteiger partial charge on any atom is -0.344 e. The highest BCUT2D eigenvalue weighted by Crippen LogP contribution is 2.12. The maximum atomic E-state index is 11.3. The molecule has 1 N–H and O–H groups in total. The highest BCUT2D eigenvalue weighted by molar-refractivity contribution is 7.09. The van der Waals surface area contributed by atoms with Gasteiger partial charge < -0.3 is 10.2 Å². The van der Waals surface area contributed by atoms with Crippen molar-refractivity contribution in [2.45, 2.75) is 32.4 Å². The maximum absolute atomic E-state index is 11.3. The second-order valence-corrected chi connectivity index (χ2v) is 5.22. The lowest BCUT2D eigenvalue weighted by Gasteiger charge is -2.30. The quantitative estimate of drug-likeness (QED) is 0.861. The fraction of sp³-hybridized carbons (Fsp3) is 0.636. The summed E-state index contributed by atoms with van der Waals surface area (Å²) < 4.78 is 0. The Bertz CT molecular complexity index is 377. The van der Waals surface area contributed by atoms with Gasteiger partial charge in [-0.15, -0.1) is 11.3 Å². The molecule has 1 atom stereocenters. The zero-order valence-corrected chi connectivity index (χ0v) is 10.5. The summed E-state index contributed by atoms with van der Waals surface area (Å²) in [6, 6.07) is 0.409. The van der Waals surface area contributed by atoms with Crippen LogP contribution in [-0.2, 0) is 11.3 Å². The van der Waals surface area contributed by atoms with Crippen LogP contribution in [0.5, 0.6) is 0 Å². The third-order valence-corrected chi connectivity index (χ3v) is 3.80. The highest BCUT2D eigenvalue weighted by atomic mass is 32.1. The smallest absolute Gasteiger partial charge is 0.222 e. The molecule has 2 rings (SSSR count). The number of hydrogen-bond donors (Lipinski definition) is 1. The average Bonchev–Trinajstić information content (AvgIpc) is 2.66. The number of aryl methyl sites for hydroxylation is 1. The number of amides is 1. The van der Waals surface area contributed by atoms with Gasteiger partial charge in [0.2, 0.25) is 5.91 Å². The Morgan fingerprint density at radius 3 is 3.12 bits per heavy atom. The van der Waals surface area contributed by atoms with Gasteiger partial charge in [0, 0.05) is 43.7 Å². The summed E-state index contributed by atoms with van der Waals surface area (Å²) in [4.78, 5) is 17.5. The van der Waals surface area contributed by atoms with Crippen LogP contribution < -0.4 is 5.32 Å². The van der Waals surface area contributed by atoms with Crippen LogP contribution in [-0.4, -0.2) is 35.4 Å². The van der Waals surface area contributed by atoms with Gasteiger partial charge in [0.1, 0.15) is 5.01 Å². The molecule has 0 aromatic carbocycles. The molecule has 88 valence electrons. The van der Waals surface area contributed by atoms with E-state index in [0.717, 1.165) is 30.2 Å². The van der Waals surface area contributed by atoms with Crippen molar-refractivity contribution in [1.29, 1.82) is 0 Å². The van der Waals surface area contributed by atoms with Gasteiger partial charge in [-0.3, -0.25) is 4.79 Å². The van der Waals surface area contributed by atoms with Gasteiger partial charge >= 0.3 is 0 Å². The molecule has 1 fully saturated rings. The fourth-order valence-electron chi connectivity index (χ4n) is 1.89. The molecule has 1 aliphatic heterocycles. The monoisotopic (exact) mass is 239 g/mol. The molecule has 1 aromatic heterocycles. The number of rotatable bonds is 3. The van der Waals surface area contributed by atoms with E-state index in [4.69, 9.17) is 0 Å². The number of piperidine rings is 1. The van der Waals surface area contributed by atoms with E-state index in [2.05, 4.69) is 15.7 Å². The van der Waals surface area contributed by atoms with E-state index in [1.54, 1.807) is 16.2 Å². The Hall–Kier alpha value is -0.940. The molecule has 0 spiro atoms. The van der Waals surface area contributed by atoms with Gasteiger partial charge in [-0.25, -0.2) is 4.98 Å². The van der Waals surface area contributed by atoms with Gasteiger partial charge in [-0.1, -0.05) is 0 Å². The molecule has 1 aliphatic rings. The standard InChI is InChI=1S/C11H17N3OS/c1-8-7-16-10(13-8)5-12-9-3-4-11(15)14(2)6-9/h7,9,12H,3-6H2,1-2H3. The summed E-state index contributed by atoms with van der Waals surface area (Å²) in [5.41, 5.74) is 1.08. The van der Waals surface area contributed by atoms with E-state index in [0.29, 0.717) is 12.5 Å². The van der Waals surface area contributed by atoms with Gasteiger partial charge in [0.25, 0.3) is 0 Å². The van der Waals surface area contributed by atoms with Crippen molar-refractivity contribution in [3.05, 3.63) is 16.1 Å². The van der Waals surface area contributed by atoms with Crippen LogP contribution in [0, 0.1) is 6.92 Å². The molecule has 1 aromatic rings. The topological polar surface area (TPSA) is 45.2 Å². The predicted octanol–water partition coefficient (Wildman–Crippen LogP) is 1.16. The number of hydrogen-bond acceptors (Lipinski definition) is 4. The lowest BCUT2D eigenvalue weighted by molar-refractivity contribution is -0.132. The summed E-state index contributed by atoms with van der Waals surface area (Å²) >= 11 is 1.69. The van der Waals surface area contributed by atoms with Crippen LogP contribution in [0.2, 0.25) is 0 Å². The van der Waals surface area contributed by atoms with E-state index >= 15 is 0 Å². The fourth-order valence-corrected chi connectivity index (χ4v) is 2.62. The highest BCUT2D eigenvalue weighted by Gasteiger charge is 2.22. The first-order chi connectivity index (χ1) is 7.65. The number of likely N-dealkylation sites (tertiary alicyclic amines) is 1. The minimum absolute atomic E-state index is 0.253. The molecule has 0 aliphatic carbocycles. The Labute approximate surface area is 99.7 Å². The van der Waals surface area contributed by atoms with Gasteiger partial charge in [-0.05, 0) is 13.3 Å². The molecule has 1 saturated heterocycles. The summed E-state index contributed by atoms with van der Waals surface area (Å²) in [7, 11) is 1.86. The molecule has 1 unspecified atom stereocenters. The van der Waals surface area contributed by atoms with E-state index in [-0.39, 0.29) is 5.91 Å². The van der Waals surface area contributed by atoms with E-state index in [1.807, 2.05) is 14.0 Å². The summed E-state index contributed by atoms with van der Waals surface area (Å²) in [6.45, 7) is 3.63. The number of thiazole rings is 1. The van der Waals surface area contributed by atoms with Crippen LogP contribution in [0.4, 0.5) is 0 Å². The molecular weight excluding hydrogens is 222 g/mol. The predicted molar refractivity (Wildman–Crippen MR) is 64.3 cm³/mol. The molecule has 0 saturated carbocycles. The molecule has 2 heterocycles. The second-order valence-electron chi connectivity index (χ2n) is 4.27. The number of likely N-dealkylation sites (N-methyl/N-ethyl adjacent to an activating group) is 1. The number of nitrogens with one attached hydrogen (secondary N) is 1. The molecule has 0 radical (unpaired) electrons. The van der Waals surface area contributed by atoms with Crippen molar-refractivity contribution < 1.29 is 4.79 Å². The van der Waals surface area contributed by atoms with Gasteiger partial charge in [0.15, 0.2) is 0 Å². The van der Waals surface area contributed by atoms with Crippen LogP contribution in [0.3, 0.4) is 0 Å². The summed E-state index contributed by atoms with van der Waals surface area (Å²) in [5, 5.41) is 6.64. The first-order valence-electron chi connectivity index (χ1n) is 5.53. The van der Waals surface area contributed by atoms with Crippen LogP contribution in [0.15, 0.2) is 5.38 Å². The summed E-state index contributed by atoms with van der Waals surface area (Å²) in [5.74, 6) is 0.253. The molecule has 0 bridgehead atoms. The number of aromatic nitrogens is 1. The molecule has 16 heavy (non-hydrogen) atoms. The molecule has 5 heteroatoms. The van der Waals surface area contributed by atoms with Crippen molar-refractivity contribution in [1.82, 2.24) is 15.2 Å². The zero-order chi connectivity index (χ0) is 11.5. The van der Waals surface area contributed by atoms with E-state index in [1.165, 1.54) is 0 Å². The minimum atomic E-state index is 0.253. The summed E-state index contributed by atoms with van der Waals surface area (Å²) in [6.07, 6.45) is 1.60. The van der Waals surface area contributed by atoms with Gasteiger partial charge in [0.05, 0.1) is 0 Å². The van der Waals surface area contributed by atoms with Crippen LogP contribution in [0.1, 0.15) is 23.5 Å². The number of carbonyl (C=O) groups excluding carboxylic acids is 1. The lowest BCUT2D eigenvalue weighted by atomic mass is 10.1. The van der Waals surface area contributed by atoms with Crippen molar-refractivity contribution >= 4 is 17.2 Å². The lowest BCUT2D eigenvalue weighted by Crippen LogP contribution is -2.46. The van der Waals surface area contributed by atoms with Gasteiger partial charge in [-0.2, -0.15) is 0 Å². The van der Waals surface area contributed by atoms with Crippen LogP contribution in [0.25, 0.3) is 0 Å². The third-order valence-electron chi connectivity index (χ3n) is 2.84. The normalized spacial score (nSPS) is 21.5. The second kappa shape index (κ2) is 4.93. The van der Waals surface area contributed by atoms with E-state index in [9.17, 15) is 4.79 Å². The molecule has 1 amide bonds. The van der Waals surface area contributed by atoms with Crippen molar-refractivity contribution in [3.8, 4) is 0 Å². The zero-order valence-electron chi connectivity index (χ0n) is 9.69. The van der Waals surface area contributed by atoms with Crippen molar-refractivity contribution in [2.24, 2.45) is 0 Å². The molecular formula is C11H17N3OS. The number of nitrogens with zero attached hydrogens (tertiary/aromatic N) is 2. The first-order valence-corrected chi connectivity index (χ1v) is 6.41. The average molecular weight is 239 g/mol. The molecule has 4 nitrogen and oxygen atoms in total. The first kappa shape index (κ1) is 11.5. The van der Waals surface area contributed by atoms with Crippen molar-refractivity contribution in [3.63, 3.8) is 0 Å². The van der Waals surface area contributed by atoms with E-state index < -0.39 is 0 Å². The van der Waals surface area contributed by atoms with Crippen molar-refractivity contribution in [2.75, 3.05) is 13.6 Å². The maximum Gasteiger partial charge on any atom is 0.222 e. The Morgan fingerprint density at radius 1 is 1.69 bits per heavy atom. The Kier molecular flexibility index (Phi) is 3.56. The third kappa shape index (κ3) is 2.80. The largest absolute Gasteiger partial charge is 0.344 e. The Balaban J connectivity index is 1.80. The Morgan fingerprint density at radius 2 is 2.50 bits per heavy atom. The number of carbonyl (C=O) groups is 1.